The molecule has 0 aliphatic heterocycles. The van der Waals surface area contributed by atoms with Crippen molar-refractivity contribution in [3.05, 3.63) is 24.0 Å². The van der Waals surface area contributed by atoms with Crippen LogP contribution in [-0.2, 0) is 13.1 Å². The van der Waals surface area contributed by atoms with E-state index < -0.39 is 0 Å². The topological polar surface area (TPSA) is 17.0 Å². The number of aryl methyl sites for hydroxylation is 1. The van der Waals surface area contributed by atoms with Gasteiger partial charge in [0.2, 0.25) is 0 Å². The molecule has 2 heteroatoms. The van der Waals surface area contributed by atoms with E-state index in [-0.39, 0.29) is 0 Å². The predicted molar refractivity (Wildman–Crippen MR) is 86.8 cm³/mol. The average molecular weight is 276 g/mol. The first-order valence-corrected chi connectivity index (χ1v) is 8.19. The van der Waals surface area contributed by atoms with Gasteiger partial charge in [-0.15, -0.1) is 0 Å². The monoisotopic (exact) mass is 276 g/mol. The standard InChI is InChI=1S/C18H32N2/c1-6-9-20-10-7-8-16(20)13-19-15-11-17(2,3)14-18(4,5)12-15/h7-8,10,15,19H,6,9,11-14H2,1-5H3. The Hall–Kier alpha value is -0.760. The van der Waals surface area contributed by atoms with Crippen LogP contribution in [0.5, 0.6) is 0 Å². The minimum Gasteiger partial charge on any atom is -0.350 e. The molecule has 1 aromatic rings. The van der Waals surface area contributed by atoms with Gasteiger partial charge in [0.05, 0.1) is 0 Å². The summed E-state index contributed by atoms with van der Waals surface area (Å²) in [7, 11) is 0. The highest BCUT2D eigenvalue weighted by atomic mass is 15.0. The highest BCUT2D eigenvalue weighted by Crippen LogP contribution is 2.45. The van der Waals surface area contributed by atoms with Crippen molar-refractivity contribution >= 4 is 0 Å². The molecule has 0 spiro atoms. The number of nitrogens with one attached hydrogen (secondary N) is 1. The molecule has 1 fully saturated rings. The van der Waals surface area contributed by atoms with Crippen molar-refractivity contribution in [3.63, 3.8) is 0 Å². The Labute approximate surface area is 125 Å². The molecule has 20 heavy (non-hydrogen) atoms. The first-order valence-electron chi connectivity index (χ1n) is 8.19. The molecule has 1 aliphatic rings. The minimum absolute atomic E-state index is 0.463. The summed E-state index contributed by atoms with van der Waals surface area (Å²) >= 11 is 0. The van der Waals surface area contributed by atoms with Crippen molar-refractivity contribution in [2.45, 2.75) is 79.4 Å². The van der Waals surface area contributed by atoms with Crippen LogP contribution in [0.3, 0.4) is 0 Å². The van der Waals surface area contributed by atoms with Crippen molar-refractivity contribution in [2.75, 3.05) is 0 Å². The van der Waals surface area contributed by atoms with Crippen molar-refractivity contribution in [1.29, 1.82) is 0 Å². The summed E-state index contributed by atoms with van der Waals surface area (Å²) in [6.07, 6.45) is 7.33. The second kappa shape index (κ2) is 5.93. The lowest BCUT2D eigenvalue weighted by Gasteiger charge is -2.45. The van der Waals surface area contributed by atoms with Crippen LogP contribution in [0.1, 0.15) is 66.0 Å². The zero-order chi connectivity index (χ0) is 14.8. The molecule has 114 valence electrons. The fourth-order valence-electron chi connectivity index (χ4n) is 4.31. The molecule has 1 aromatic heterocycles. The second-order valence-electron chi connectivity index (χ2n) is 8.18. The van der Waals surface area contributed by atoms with Gasteiger partial charge in [0, 0.05) is 31.0 Å². The van der Waals surface area contributed by atoms with Gasteiger partial charge in [-0.3, -0.25) is 0 Å². The van der Waals surface area contributed by atoms with E-state index in [9.17, 15) is 0 Å². The van der Waals surface area contributed by atoms with Crippen LogP contribution in [-0.4, -0.2) is 10.6 Å². The Morgan fingerprint density at radius 3 is 2.45 bits per heavy atom. The van der Waals surface area contributed by atoms with Gasteiger partial charge >= 0.3 is 0 Å². The van der Waals surface area contributed by atoms with Gasteiger partial charge < -0.3 is 9.88 Å². The molecule has 0 amide bonds. The first-order chi connectivity index (χ1) is 9.31. The molecular formula is C18H32N2. The molecule has 1 saturated carbocycles. The number of rotatable bonds is 5. The van der Waals surface area contributed by atoms with Gasteiger partial charge in [-0.25, -0.2) is 0 Å². The summed E-state index contributed by atoms with van der Waals surface area (Å²) in [6, 6.07) is 5.07. The lowest BCUT2D eigenvalue weighted by molar-refractivity contribution is 0.0842. The third-order valence-corrected chi connectivity index (χ3v) is 4.51. The molecule has 1 aliphatic carbocycles. The SMILES string of the molecule is CCCn1cccc1CNC1CC(C)(C)CC(C)(C)C1. The first kappa shape index (κ1) is 15.6. The maximum atomic E-state index is 3.81. The van der Waals surface area contributed by atoms with Gasteiger partial charge in [0.15, 0.2) is 0 Å². The fourth-order valence-corrected chi connectivity index (χ4v) is 4.31. The smallest absolute Gasteiger partial charge is 0.0361 e. The number of hydrogen-bond acceptors (Lipinski definition) is 1. The third kappa shape index (κ3) is 4.12. The van der Waals surface area contributed by atoms with Crippen molar-refractivity contribution in [1.82, 2.24) is 9.88 Å². The molecule has 1 N–H and O–H groups in total. The van der Waals surface area contributed by atoms with Crippen LogP contribution in [0.25, 0.3) is 0 Å². The van der Waals surface area contributed by atoms with Crippen LogP contribution < -0.4 is 5.32 Å². The zero-order valence-corrected chi connectivity index (χ0v) is 14.0. The molecule has 1 heterocycles. The largest absolute Gasteiger partial charge is 0.350 e. The lowest BCUT2D eigenvalue weighted by Crippen LogP contribution is -2.43. The lowest BCUT2D eigenvalue weighted by atomic mass is 9.63. The Morgan fingerprint density at radius 1 is 1.20 bits per heavy atom. The van der Waals surface area contributed by atoms with Crippen molar-refractivity contribution in [3.8, 4) is 0 Å². The normalized spacial score (nSPS) is 22.1. The van der Waals surface area contributed by atoms with Gasteiger partial charge in [0.1, 0.15) is 0 Å². The van der Waals surface area contributed by atoms with Crippen LogP contribution in [0.2, 0.25) is 0 Å². The van der Waals surface area contributed by atoms with Gasteiger partial charge in [-0.2, -0.15) is 0 Å². The summed E-state index contributed by atoms with van der Waals surface area (Å²) < 4.78 is 2.38. The fraction of sp³-hybridized carbons (Fsp3) is 0.778. The van der Waals surface area contributed by atoms with E-state index in [2.05, 4.69) is 62.8 Å². The van der Waals surface area contributed by atoms with Crippen molar-refractivity contribution in [2.24, 2.45) is 10.8 Å². The van der Waals surface area contributed by atoms with E-state index in [1.54, 1.807) is 0 Å². The van der Waals surface area contributed by atoms with Gasteiger partial charge in [0.25, 0.3) is 0 Å². The molecule has 0 saturated heterocycles. The summed E-state index contributed by atoms with van der Waals surface area (Å²) in [5, 5.41) is 3.81. The molecule has 0 atom stereocenters. The van der Waals surface area contributed by atoms with Crippen LogP contribution in [0.4, 0.5) is 0 Å². The van der Waals surface area contributed by atoms with E-state index in [1.165, 1.54) is 31.4 Å². The summed E-state index contributed by atoms with van der Waals surface area (Å²) in [5.41, 5.74) is 2.35. The molecular weight excluding hydrogens is 244 g/mol. The summed E-state index contributed by atoms with van der Waals surface area (Å²) in [6.45, 7) is 14.0. The maximum absolute atomic E-state index is 3.81. The van der Waals surface area contributed by atoms with Crippen LogP contribution in [0.15, 0.2) is 18.3 Å². The quantitative estimate of drug-likeness (QED) is 0.832. The minimum atomic E-state index is 0.463. The van der Waals surface area contributed by atoms with Crippen LogP contribution in [0, 0.1) is 10.8 Å². The number of nitrogens with zero attached hydrogens (tertiary/aromatic N) is 1. The van der Waals surface area contributed by atoms with E-state index >= 15 is 0 Å². The Morgan fingerprint density at radius 2 is 1.85 bits per heavy atom. The second-order valence-corrected chi connectivity index (χ2v) is 8.18. The van der Waals surface area contributed by atoms with E-state index in [1.807, 2.05) is 0 Å². The molecule has 0 radical (unpaired) electrons. The molecule has 2 nitrogen and oxygen atoms in total. The number of aromatic nitrogens is 1. The highest BCUT2D eigenvalue weighted by Gasteiger charge is 2.38. The number of hydrogen-bond donors (Lipinski definition) is 1. The Balaban J connectivity index is 1.94. The highest BCUT2D eigenvalue weighted by molar-refractivity contribution is 5.07. The Bertz CT molecular complexity index is 412. The van der Waals surface area contributed by atoms with Crippen LogP contribution >= 0.6 is 0 Å². The third-order valence-electron chi connectivity index (χ3n) is 4.51. The van der Waals surface area contributed by atoms with Crippen molar-refractivity contribution < 1.29 is 0 Å². The van der Waals surface area contributed by atoms with E-state index in [0.29, 0.717) is 16.9 Å². The molecule has 0 bridgehead atoms. The average Bonchev–Trinajstić information content (AvgIpc) is 2.70. The Kier molecular flexibility index (Phi) is 4.63. The molecule has 0 unspecified atom stereocenters. The van der Waals surface area contributed by atoms with E-state index in [0.717, 1.165) is 13.1 Å². The van der Waals surface area contributed by atoms with E-state index in [4.69, 9.17) is 0 Å². The maximum Gasteiger partial charge on any atom is 0.0361 e. The summed E-state index contributed by atoms with van der Waals surface area (Å²) in [4.78, 5) is 0. The van der Waals surface area contributed by atoms with Gasteiger partial charge in [-0.1, -0.05) is 34.6 Å². The summed E-state index contributed by atoms with van der Waals surface area (Å²) in [5.74, 6) is 0. The molecule has 2 rings (SSSR count). The zero-order valence-electron chi connectivity index (χ0n) is 14.0. The predicted octanol–water partition coefficient (Wildman–Crippen LogP) is 4.59. The van der Waals surface area contributed by atoms with Gasteiger partial charge in [-0.05, 0) is 48.6 Å². The molecule has 0 aromatic carbocycles.